The Balaban J connectivity index is 0.986. The Morgan fingerprint density at radius 1 is 0.750 bits per heavy atom. The zero-order valence-electron chi connectivity index (χ0n) is 37.6. The first kappa shape index (κ1) is 43.5. The third kappa shape index (κ3) is 8.03. The molecule has 2 aromatic carbocycles. The number of methoxy groups -OCH3 is 2. The van der Waals surface area contributed by atoms with Crippen LogP contribution in [0.15, 0.2) is 48.7 Å². The molecule has 4 aliphatic heterocycles. The van der Waals surface area contributed by atoms with Crippen LogP contribution < -0.4 is 16.0 Å². The fourth-order valence-electron chi connectivity index (χ4n) is 10.5. The Hall–Kier alpha value is -5.74. The fraction of sp³-hybridized carbons (Fsp3) is 0.500. The van der Waals surface area contributed by atoms with E-state index in [1.54, 1.807) is 11.3 Å². The number of nitrogens with zero attached hydrogens (tertiary/aromatic N) is 4. The van der Waals surface area contributed by atoms with E-state index in [1.165, 1.54) is 41.4 Å². The normalized spacial score (nSPS) is 22.5. The minimum absolute atomic E-state index is 0.108. The van der Waals surface area contributed by atoms with Crippen molar-refractivity contribution in [3.8, 4) is 32.1 Å². The monoisotopic (exact) mass is 889 g/mol. The predicted octanol–water partition coefficient (Wildman–Crippen LogP) is 8.55. The second kappa shape index (κ2) is 17.7. The van der Waals surface area contributed by atoms with E-state index in [-0.39, 0.29) is 47.8 Å². The summed E-state index contributed by atoms with van der Waals surface area (Å²) in [6.07, 6.45) is 6.03. The lowest BCUT2D eigenvalue weighted by atomic mass is 9.88. The Bertz CT molecular complexity index is 2580. The number of hydrogen-bond acceptors (Lipinski definition) is 10. The number of piperidine rings is 1. The first-order chi connectivity index (χ1) is 30.8. The van der Waals surface area contributed by atoms with Crippen LogP contribution in [0.25, 0.3) is 43.2 Å². The molecule has 0 radical (unpaired) electrons. The van der Waals surface area contributed by atoms with Gasteiger partial charge in [0.25, 0.3) is 0 Å². The number of thiophene rings is 1. The number of aromatic amines is 2. The third-order valence-corrected chi connectivity index (χ3v) is 14.8. The fourth-order valence-corrected chi connectivity index (χ4v) is 11.5. The summed E-state index contributed by atoms with van der Waals surface area (Å²) >= 11 is 1.74. The molecule has 0 saturated carbocycles. The maximum atomic E-state index is 13.8. The van der Waals surface area contributed by atoms with Gasteiger partial charge >= 0.3 is 12.2 Å². The predicted molar refractivity (Wildman–Crippen MR) is 245 cm³/mol. The molecule has 3 aromatic heterocycles. The van der Waals surface area contributed by atoms with Gasteiger partial charge in [0.2, 0.25) is 11.8 Å². The van der Waals surface area contributed by atoms with Crippen molar-refractivity contribution in [2.75, 3.05) is 27.3 Å². The Labute approximate surface area is 377 Å². The first-order valence-electron chi connectivity index (χ1n) is 22.7. The van der Waals surface area contributed by atoms with Crippen LogP contribution in [0, 0.1) is 17.8 Å². The van der Waals surface area contributed by atoms with Crippen LogP contribution in [-0.4, -0.2) is 93.1 Å². The minimum Gasteiger partial charge on any atom is -0.453 e. The van der Waals surface area contributed by atoms with E-state index in [2.05, 4.69) is 75.3 Å². The van der Waals surface area contributed by atoms with E-state index in [1.807, 2.05) is 43.7 Å². The maximum Gasteiger partial charge on any atom is 0.407 e. The number of carbonyl (C=O) groups is 4. The highest BCUT2D eigenvalue weighted by molar-refractivity contribution is 7.18. The lowest BCUT2D eigenvalue weighted by molar-refractivity contribution is -0.136. The van der Waals surface area contributed by atoms with Crippen molar-refractivity contribution in [1.82, 2.24) is 45.7 Å². The van der Waals surface area contributed by atoms with Crippen LogP contribution in [0.3, 0.4) is 0 Å². The number of rotatable bonds is 11. The molecule has 5 N–H and O–H groups in total. The Kier molecular flexibility index (Phi) is 12.0. The molecule has 338 valence electrons. The molecule has 5 aromatic rings. The van der Waals surface area contributed by atoms with E-state index in [0.717, 1.165) is 77.3 Å². The Morgan fingerprint density at radius 2 is 1.33 bits per heavy atom. The van der Waals surface area contributed by atoms with Crippen molar-refractivity contribution in [3.63, 3.8) is 0 Å². The number of imidazole rings is 2. The van der Waals surface area contributed by atoms with E-state index in [9.17, 15) is 19.2 Å². The lowest BCUT2D eigenvalue weighted by Crippen LogP contribution is -2.51. The topological polar surface area (TPSA) is 187 Å². The molecule has 0 aliphatic carbocycles. The highest BCUT2D eigenvalue weighted by Gasteiger charge is 2.42. The standard InChI is InChI=1S/C48H59N9O6S/c1-24(2)41(54-47(60)62-6)45(58)56-18-8-10-35(56)43-49-23-34(53-43)38-17-16-37(64-38)29-14-13-28(39-32-20-26(5)21-33(50-32)40(29)39)27-12-15-30-31(22-27)52-44(51-30)36-11-9-19-57(36)46(59)42(25(3)4)55-48(61)63-7/h12-17,22-26,32-33,35-36,41-42,50H,8-11,18-21H2,1-7H3,(H,49,53)(H,51,52)(H,54,60)(H,55,61)/t26?,32?,33?,35-,36-,41-,42-/m0/s1. The van der Waals surface area contributed by atoms with E-state index < -0.39 is 24.3 Å². The van der Waals surface area contributed by atoms with Gasteiger partial charge in [-0.2, -0.15) is 0 Å². The van der Waals surface area contributed by atoms with Crippen molar-refractivity contribution in [3.05, 3.63) is 71.4 Å². The second-order valence-electron chi connectivity index (χ2n) is 18.6. The third-order valence-electron chi connectivity index (χ3n) is 13.7. The van der Waals surface area contributed by atoms with Crippen molar-refractivity contribution >= 4 is 46.4 Å². The van der Waals surface area contributed by atoms with Crippen LogP contribution >= 0.6 is 11.3 Å². The van der Waals surface area contributed by atoms with Gasteiger partial charge in [-0.15, -0.1) is 11.3 Å². The number of carbonyl (C=O) groups excluding carboxylic acids is 4. The van der Waals surface area contributed by atoms with Gasteiger partial charge in [0.05, 0.1) is 54.1 Å². The molecule has 4 aliphatic rings. The van der Waals surface area contributed by atoms with Crippen LogP contribution in [0.5, 0.6) is 0 Å². The molecule has 7 atom stereocenters. The van der Waals surface area contributed by atoms with Gasteiger partial charge in [0.1, 0.15) is 23.7 Å². The molecule has 4 amide bonds. The van der Waals surface area contributed by atoms with Crippen LogP contribution in [0.2, 0.25) is 0 Å². The number of H-pyrrole nitrogens is 2. The van der Waals surface area contributed by atoms with Gasteiger partial charge in [-0.05, 0) is 108 Å². The van der Waals surface area contributed by atoms with Crippen molar-refractivity contribution in [2.45, 2.75) is 109 Å². The van der Waals surface area contributed by atoms with Gasteiger partial charge in [-0.1, -0.05) is 52.8 Å². The molecular weight excluding hydrogens is 831 g/mol. The van der Waals surface area contributed by atoms with Crippen molar-refractivity contribution in [1.29, 1.82) is 0 Å². The average molecular weight is 890 g/mol. The Morgan fingerprint density at radius 3 is 1.94 bits per heavy atom. The van der Waals surface area contributed by atoms with Crippen LogP contribution in [0.1, 0.15) is 120 Å². The quantitative estimate of drug-likeness (QED) is 0.0867. The number of aromatic nitrogens is 4. The summed E-state index contributed by atoms with van der Waals surface area (Å²) in [6.45, 7) is 11.2. The number of alkyl carbamates (subject to hydrolysis) is 2. The number of likely N-dealkylation sites (tertiary alicyclic amines) is 2. The van der Waals surface area contributed by atoms with E-state index in [0.29, 0.717) is 19.0 Å². The second-order valence-corrected chi connectivity index (χ2v) is 19.7. The molecule has 7 heterocycles. The highest BCUT2D eigenvalue weighted by Crippen LogP contribution is 2.53. The summed E-state index contributed by atoms with van der Waals surface area (Å²) in [7, 11) is 2.61. The zero-order chi connectivity index (χ0) is 45.0. The molecule has 9 rings (SSSR count). The van der Waals surface area contributed by atoms with Gasteiger partial charge in [-0.25, -0.2) is 19.6 Å². The smallest absolute Gasteiger partial charge is 0.407 e. The zero-order valence-corrected chi connectivity index (χ0v) is 38.4. The SMILES string of the molecule is COC(=O)N[C@H](C(=O)N1CCC[C@H]1c1ncc(-c2ccc(-c3ccc(-c4ccc5nc([C@@H]6CCCN6C(=O)[C@@H](NC(=O)OC)C(C)C)[nH]c5c4)c4c3C3CC(C)CC4N3)s2)[nH]1)C(C)C. The first-order valence-corrected chi connectivity index (χ1v) is 23.5. The minimum atomic E-state index is -0.696. The molecule has 3 unspecified atom stereocenters. The molecule has 3 fully saturated rings. The summed E-state index contributed by atoms with van der Waals surface area (Å²) in [5, 5.41) is 9.45. The van der Waals surface area contributed by atoms with Crippen LogP contribution in [0.4, 0.5) is 9.59 Å². The number of benzene rings is 2. The number of ether oxygens (including phenoxy) is 2. The number of hydrogen-bond donors (Lipinski definition) is 5. The van der Waals surface area contributed by atoms with Gasteiger partial charge < -0.3 is 45.2 Å². The summed E-state index contributed by atoms with van der Waals surface area (Å²) < 4.78 is 9.63. The van der Waals surface area contributed by atoms with Crippen LogP contribution in [-0.2, 0) is 19.1 Å². The number of nitrogens with one attached hydrogen (secondary N) is 5. The molecule has 2 bridgehead atoms. The lowest BCUT2D eigenvalue weighted by Gasteiger charge is -2.30. The summed E-state index contributed by atoms with van der Waals surface area (Å²) in [4.78, 5) is 74.7. The highest BCUT2D eigenvalue weighted by atomic mass is 32.1. The van der Waals surface area contributed by atoms with Gasteiger partial charge in [0, 0.05) is 30.1 Å². The molecule has 64 heavy (non-hydrogen) atoms. The summed E-state index contributed by atoms with van der Waals surface area (Å²) in [5.74, 6) is 1.60. The number of fused-ring (bicyclic) bond motifs is 6. The van der Waals surface area contributed by atoms with E-state index in [4.69, 9.17) is 19.4 Å². The molecular formula is C48H59N9O6S. The largest absolute Gasteiger partial charge is 0.453 e. The summed E-state index contributed by atoms with van der Waals surface area (Å²) in [5.41, 5.74) is 8.98. The maximum absolute atomic E-state index is 13.8. The van der Waals surface area contributed by atoms with Gasteiger partial charge in [-0.3, -0.25) is 9.59 Å². The van der Waals surface area contributed by atoms with Crippen molar-refractivity contribution in [2.24, 2.45) is 17.8 Å². The number of amides is 4. The van der Waals surface area contributed by atoms with E-state index >= 15 is 0 Å². The molecule has 15 nitrogen and oxygen atoms in total. The van der Waals surface area contributed by atoms with Gasteiger partial charge in [0.15, 0.2) is 0 Å². The van der Waals surface area contributed by atoms with Crippen molar-refractivity contribution < 1.29 is 28.7 Å². The molecule has 3 saturated heterocycles. The molecule has 0 spiro atoms. The summed E-state index contributed by atoms with van der Waals surface area (Å²) in [6, 6.07) is 14.0. The average Bonchev–Trinajstić information content (AvgIpc) is 4.15. The molecule has 16 heteroatoms.